The summed E-state index contributed by atoms with van der Waals surface area (Å²) < 4.78 is 6.93. The number of carbonyl (C=O) groups is 3. The number of ether oxygens (including phenoxy) is 1. The molecule has 3 heterocycles. The first-order chi connectivity index (χ1) is 20.4. The van der Waals surface area contributed by atoms with Gasteiger partial charge < -0.3 is 20.3 Å². The van der Waals surface area contributed by atoms with E-state index >= 15 is 0 Å². The lowest BCUT2D eigenvalue weighted by molar-refractivity contribution is -0.115. The number of amides is 2. The second-order valence-corrected chi connectivity index (χ2v) is 10.3. The zero-order valence-corrected chi connectivity index (χ0v) is 23.3. The number of nitrogens with one attached hydrogen (secondary N) is 2. The summed E-state index contributed by atoms with van der Waals surface area (Å²) in [5.41, 5.74) is 5.71. The van der Waals surface area contributed by atoms with Crippen LogP contribution >= 0.6 is 0 Å². The van der Waals surface area contributed by atoms with Crippen molar-refractivity contribution in [2.24, 2.45) is 12.0 Å². The molecule has 3 aromatic carbocycles. The Kier molecular flexibility index (Phi) is 7.37. The third-order valence-corrected chi connectivity index (χ3v) is 7.41. The van der Waals surface area contributed by atoms with Crippen molar-refractivity contribution in [3.05, 3.63) is 101 Å². The number of fused-ring (bicyclic) bond motifs is 1. The van der Waals surface area contributed by atoms with Gasteiger partial charge in [0, 0.05) is 54.5 Å². The molecule has 1 atom stereocenters. The van der Waals surface area contributed by atoms with Gasteiger partial charge in [-0.3, -0.25) is 24.1 Å². The molecule has 0 bridgehead atoms. The van der Waals surface area contributed by atoms with Crippen LogP contribution in [0.5, 0.6) is 0 Å². The predicted octanol–water partition coefficient (Wildman–Crippen LogP) is 4.49. The molecule has 2 aliphatic heterocycles. The van der Waals surface area contributed by atoms with E-state index in [1.807, 2.05) is 31.2 Å². The van der Waals surface area contributed by atoms with Crippen LogP contribution in [0.3, 0.4) is 0 Å². The standard InChI is InChI=1S/C32H30N6O4/c1-20-16-29(37(2)36-20)32(41)34-24-5-3-4-21(17-24)30(39)22-6-11-26-27(31(40)35-28(26)18-22)19-33-23-7-9-25(10-8-23)38-12-14-42-15-13-38/h3-11,16-19,27H,12-15H2,1-2H3,(H,34,41)(H,35,40). The van der Waals surface area contributed by atoms with Gasteiger partial charge >= 0.3 is 0 Å². The first kappa shape index (κ1) is 27.1. The monoisotopic (exact) mass is 562 g/mol. The maximum Gasteiger partial charge on any atom is 0.273 e. The quantitative estimate of drug-likeness (QED) is 0.253. The molecule has 1 aromatic heterocycles. The van der Waals surface area contributed by atoms with E-state index in [2.05, 4.69) is 25.6 Å². The summed E-state index contributed by atoms with van der Waals surface area (Å²) in [4.78, 5) is 45.7. The third kappa shape index (κ3) is 5.57. The van der Waals surface area contributed by atoms with Crippen LogP contribution in [0.2, 0.25) is 0 Å². The van der Waals surface area contributed by atoms with Crippen LogP contribution in [0, 0.1) is 6.92 Å². The second-order valence-electron chi connectivity index (χ2n) is 10.3. The molecule has 2 amide bonds. The molecule has 6 rings (SSSR count). The number of aliphatic imine (C=N–C) groups is 1. The van der Waals surface area contributed by atoms with E-state index in [-0.39, 0.29) is 17.6 Å². The van der Waals surface area contributed by atoms with Crippen LogP contribution in [0.1, 0.15) is 43.6 Å². The number of ketones is 1. The minimum absolute atomic E-state index is 0.196. The molecular formula is C32H30N6O4. The highest BCUT2D eigenvalue weighted by atomic mass is 16.5. The van der Waals surface area contributed by atoms with Crippen molar-refractivity contribution in [3.8, 4) is 0 Å². The summed E-state index contributed by atoms with van der Waals surface area (Å²) in [5, 5.41) is 9.91. The number of morpholine rings is 1. The van der Waals surface area contributed by atoms with Crippen molar-refractivity contribution >= 4 is 46.6 Å². The first-order valence-corrected chi connectivity index (χ1v) is 13.7. The Morgan fingerprint density at radius 3 is 2.52 bits per heavy atom. The maximum atomic E-state index is 13.4. The summed E-state index contributed by atoms with van der Waals surface area (Å²) in [7, 11) is 1.70. The number of anilines is 3. The summed E-state index contributed by atoms with van der Waals surface area (Å²) in [5.74, 6) is -1.30. The Morgan fingerprint density at radius 1 is 1.02 bits per heavy atom. The van der Waals surface area contributed by atoms with Gasteiger partial charge in [0.1, 0.15) is 11.6 Å². The van der Waals surface area contributed by atoms with Gasteiger partial charge in [0.25, 0.3) is 5.91 Å². The lowest BCUT2D eigenvalue weighted by Gasteiger charge is -2.28. The number of hydrogen-bond acceptors (Lipinski definition) is 7. The van der Waals surface area contributed by atoms with Gasteiger partial charge in [0.2, 0.25) is 5.91 Å². The van der Waals surface area contributed by atoms with E-state index in [4.69, 9.17) is 4.74 Å². The van der Waals surface area contributed by atoms with Crippen molar-refractivity contribution in [1.29, 1.82) is 0 Å². The highest BCUT2D eigenvalue weighted by Gasteiger charge is 2.30. The average molecular weight is 563 g/mol. The summed E-state index contributed by atoms with van der Waals surface area (Å²) in [6, 6.07) is 21.6. The van der Waals surface area contributed by atoms with Gasteiger partial charge in [0.15, 0.2) is 5.78 Å². The van der Waals surface area contributed by atoms with Gasteiger partial charge in [-0.25, -0.2) is 0 Å². The molecule has 4 aromatic rings. The summed E-state index contributed by atoms with van der Waals surface area (Å²) in [6.07, 6.45) is 1.64. The zero-order chi connectivity index (χ0) is 29.2. The van der Waals surface area contributed by atoms with Crippen LogP contribution in [-0.2, 0) is 16.6 Å². The van der Waals surface area contributed by atoms with E-state index < -0.39 is 5.92 Å². The van der Waals surface area contributed by atoms with E-state index in [1.165, 1.54) is 4.68 Å². The molecule has 212 valence electrons. The highest BCUT2D eigenvalue weighted by molar-refractivity contribution is 6.15. The predicted molar refractivity (Wildman–Crippen MR) is 161 cm³/mol. The van der Waals surface area contributed by atoms with Crippen LogP contribution in [0.4, 0.5) is 22.7 Å². The lowest BCUT2D eigenvalue weighted by Crippen LogP contribution is -2.36. The van der Waals surface area contributed by atoms with Gasteiger partial charge in [-0.2, -0.15) is 5.10 Å². The van der Waals surface area contributed by atoms with Crippen LogP contribution in [-0.4, -0.2) is 59.9 Å². The van der Waals surface area contributed by atoms with Crippen molar-refractivity contribution in [2.75, 3.05) is 41.8 Å². The Balaban J connectivity index is 1.15. The number of aryl methyl sites for hydroxylation is 2. The molecule has 1 fully saturated rings. The number of carbonyl (C=O) groups excluding carboxylic acids is 3. The van der Waals surface area contributed by atoms with E-state index in [9.17, 15) is 14.4 Å². The zero-order valence-electron chi connectivity index (χ0n) is 23.3. The number of hydrogen-bond donors (Lipinski definition) is 2. The number of benzene rings is 3. The first-order valence-electron chi connectivity index (χ1n) is 13.7. The summed E-state index contributed by atoms with van der Waals surface area (Å²) in [6.45, 7) is 4.98. The largest absolute Gasteiger partial charge is 0.378 e. The molecule has 0 spiro atoms. The molecule has 0 aliphatic carbocycles. The topological polar surface area (TPSA) is 118 Å². The molecule has 10 heteroatoms. The summed E-state index contributed by atoms with van der Waals surface area (Å²) >= 11 is 0. The van der Waals surface area contributed by atoms with Gasteiger partial charge in [-0.15, -0.1) is 0 Å². The third-order valence-electron chi connectivity index (χ3n) is 7.41. The SMILES string of the molecule is Cc1cc(C(=O)Nc2cccc(C(=O)c3ccc4c(c3)NC(=O)C4C=Nc3ccc(N4CCOCC4)cc3)c2)n(C)n1. The minimum Gasteiger partial charge on any atom is -0.378 e. The molecule has 1 unspecified atom stereocenters. The molecule has 2 N–H and O–H groups in total. The number of nitrogens with zero attached hydrogens (tertiary/aromatic N) is 4. The smallest absolute Gasteiger partial charge is 0.273 e. The number of rotatable bonds is 7. The van der Waals surface area contributed by atoms with Crippen molar-refractivity contribution in [2.45, 2.75) is 12.8 Å². The van der Waals surface area contributed by atoms with E-state index in [1.54, 1.807) is 61.8 Å². The fourth-order valence-electron chi connectivity index (χ4n) is 5.23. The fourth-order valence-corrected chi connectivity index (χ4v) is 5.23. The van der Waals surface area contributed by atoms with Crippen molar-refractivity contribution in [1.82, 2.24) is 9.78 Å². The van der Waals surface area contributed by atoms with E-state index in [0.29, 0.717) is 28.2 Å². The Hall–Kier alpha value is -5.09. The Bertz CT molecular complexity index is 1700. The molecule has 0 radical (unpaired) electrons. The van der Waals surface area contributed by atoms with Crippen LogP contribution in [0.25, 0.3) is 0 Å². The van der Waals surface area contributed by atoms with Gasteiger partial charge in [-0.05, 0) is 61.0 Å². The number of aromatic nitrogens is 2. The van der Waals surface area contributed by atoms with Gasteiger partial charge in [0.05, 0.1) is 24.6 Å². The van der Waals surface area contributed by atoms with Crippen LogP contribution < -0.4 is 15.5 Å². The molecule has 0 saturated carbocycles. The Morgan fingerprint density at radius 2 is 1.79 bits per heavy atom. The lowest BCUT2D eigenvalue weighted by atomic mass is 9.97. The molecule has 1 saturated heterocycles. The van der Waals surface area contributed by atoms with Crippen molar-refractivity contribution in [3.63, 3.8) is 0 Å². The molecular weight excluding hydrogens is 532 g/mol. The van der Waals surface area contributed by atoms with Gasteiger partial charge in [-0.1, -0.05) is 24.3 Å². The normalized spacial score (nSPS) is 16.4. The average Bonchev–Trinajstić information content (AvgIpc) is 3.52. The van der Waals surface area contributed by atoms with Crippen molar-refractivity contribution < 1.29 is 19.1 Å². The molecule has 10 nitrogen and oxygen atoms in total. The highest BCUT2D eigenvalue weighted by Crippen LogP contribution is 2.33. The minimum atomic E-state index is -0.558. The van der Waals surface area contributed by atoms with Crippen LogP contribution in [0.15, 0.2) is 77.8 Å². The Labute approximate surface area is 243 Å². The maximum absolute atomic E-state index is 13.4. The van der Waals surface area contributed by atoms with E-state index in [0.717, 1.165) is 48.9 Å². The second kappa shape index (κ2) is 11.4. The fraction of sp³-hybridized carbons (Fsp3) is 0.219. The molecule has 2 aliphatic rings. The molecule has 42 heavy (non-hydrogen) atoms.